The fourth-order valence-electron chi connectivity index (χ4n) is 2.53. The molecule has 0 aliphatic carbocycles. The maximum atomic E-state index is 13.1. The maximum Gasteiger partial charge on any atom is 0.276 e. The van der Waals surface area contributed by atoms with Crippen LogP contribution in [0.1, 0.15) is 25.8 Å². The second-order valence-corrected chi connectivity index (χ2v) is 8.53. The highest BCUT2D eigenvalue weighted by Crippen LogP contribution is 2.25. The molecule has 8 heteroatoms. The van der Waals surface area contributed by atoms with E-state index >= 15 is 0 Å². The van der Waals surface area contributed by atoms with E-state index in [0.717, 1.165) is 12.0 Å². The van der Waals surface area contributed by atoms with Crippen LogP contribution < -0.4 is 10.9 Å². The van der Waals surface area contributed by atoms with Crippen molar-refractivity contribution in [3.63, 3.8) is 0 Å². The Morgan fingerprint density at radius 2 is 2.19 bits per heavy atom. The second kappa shape index (κ2) is 8.46. The van der Waals surface area contributed by atoms with Crippen LogP contribution in [-0.2, 0) is 4.79 Å². The summed E-state index contributed by atoms with van der Waals surface area (Å²) >= 11 is 8.75. The lowest BCUT2D eigenvalue weighted by atomic mass is 10.2. The van der Waals surface area contributed by atoms with Gasteiger partial charge in [-0.05, 0) is 55.5 Å². The highest BCUT2D eigenvalue weighted by molar-refractivity contribution is 7.99. The van der Waals surface area contributed by atoms with E-state index in [4.69, 9.17) is 11.6 Å². The van der Waals surface area contributed by atoms with Crippen LogP contribution in [-0.4, -0.2) is 27.3 Å². The van der Waals surface area contributed by atoms with Crippen LogP contribution in [0.2, 0.25) is 5.02 Å². The zero-order chi connectivity index (χ0) is 19.6. The molecule has 0 spiro atoms. The van der Waals surface area contributed by atoms with Gasteiger partial charge >= 0.3 is 0 Å². The number of aryl methyl sites for hydroxylation is 1. The minimum atomic E-state index is -0.137. The molecule has 1 N–H and O–H groups in total. The number of hydrogen-bond acceptors (Lipinski definition) is 5. The number of thiophene rings is 1. The van der Waals surface area contributed by atoms with Crippen LogP contribution in [0.25, 0.3) is 15.9 Å². The average molecular weight is 422 g/mol. The zero-order valence-corrected chi connectivity index (χ0v) is 17.7. The molecule has 3 aromatic rings. The van der Waals surface area contributed by atoms with E-state index in [1.54, 1.807) is 16.7 Å². The Morgan fingerprint density at radius 3 is 2.89 bits per heavy atom. The van der Waals surface area contributed by atoms with Crippen molar-refractivity contribution < 1.29 is 4.79 Å². The van der Waals surface area contributed by atoms with Crippen molar-refractivity contribution in [3.8, 4) is 5.69 Å². The zero-order valence-electron chi connectivity index (χ0n) is 15.3. The molecule has 27 heavy (non-hydrogen) atoms. The van der Waals surface area contributed by atoms with Gasteiger partial charge in [0.2, 0.25) is 5.91 Å². The number of benzene rings is 1. The minimum Gasteiger partial charge on any atom is -0.353 e. The molecule has 0 fully saturated rings. The number of nitrogens with one attached hydrogen (secondary N) is 1. The van der Waals surface area contributed by atoms with Gasteiger partial charge in [0.05, 0.1) is 17.0 Å². The van der Waals surface area contributed by atoms with Crippen molar-refractivity contribution in [1.29, 1.82) is 0 Å². The fourth-order valence-corrected chi connectivity index (χ4v) is 4.23. The molecule has 0 aliphatic rings. The van der Waals surface area contributed by atoms with E-state index in [1.165, 1.54) is 23.1 Å². The van der Waals surface area contributed by atoms with Gasteiger partial charge in [0, 0.05) is 11.1 Å². The molecule has 2 heterocycles. The van der Waals surface area contributed by atoms with Crippen molar-refractivity contribution in [2.24, 2.45) is 0 Å². The molecule has 2 aromatic heterocycles. The summed E-state index contributed by atoms with van der Waals surface area (Å²) in [5.74, 6) is 0.117. The lowest BCUT2D eigenvalue weighted by molar-refractivity contribution is -0.119. The quantitative estimate of drug-likeness (QED) is 0.472. The van der Waals surface area contributed by atoms with Crippen molar-refractivity contribution in [2.45, 2.75) is 38.4 Å². The predicted molar refractivity (Wildman–Crippen MR) is 114 cm³/mol. The van der Waals surface area contributed by atoms with E-state index < -0.39 is 0 Å². The van der Waals surface area contributed by atoms with Crippen LogP contribution >= 0.6 is 34.7 Å². The number of thioether (sulfide) groups is 1. The number of fused-ring (bicyclic) bond motifs is 1. The van der Waals surface area contributed by atoms with E-state index in [-0.39, 0.29) is 23.3 Å². The third-order valence-electron chi connectivity index (χ3n) is 4.20. The van der Waals surface area contributed by atoms with Crippen molar-refractivity contribution >= 4 is 50.8 Å². The van der Waals surface area contributed by atoms with Crippen molar-refractivity contribution in [1.82, 2.24) is 14.9 Å². The summed E-state index contributed by atoms with van der Waals surface area (Å²) in [6.07, 6.45) is 0.865. The highest BCUT2D eigenvalue weighted by Gasteiger charge is 2.16. The Balaban J connectivity index is 2.01. The highest BCUT2D eigenvalue weighted by atomic mass is 35.5. The van der Waals surface area contributed by atoms with Gasteiger partial charge in [-0.2, -0.15) is 0 Å². The molecule has 0 saturated carbocycles. The Morgan fingerprint density at radius 1 is 1.41 bits per heavy atom. The van der Waals surface area contributed by atoms with E-state index in [0.29, 0.717) is 26.1 Å². The monoisotopic (exact) mass is 421 g/mol. The van der Waals surface area contributed by atoms with Gasteiger partial charge in [-0.3, -0.25) is 14.2 Å². The first-order valence-corrected chi connectivity index (χ1v) is 10.8. The van der Waals surface area contributed by atoms with Crippen molar-refractivity contribution in [3.05, 3.63) is 50.6 Å². The van der Waals surface area contributed by atoms with E-state index in [2.05, 4.69) is 10.3 Å². The SMILES string of the molecule is CC[C@H](C)NC(=O)CSc1nc2ccsc2c(=O)n1-c1ccc(Cl)c(C)c1. The molecule has 0 aliphatic heterocycles. The molecule has 1 amide bonds. The van der Waals surface area contributed by atoms with Gasteiger partial charge in [0.15, 0.2) is 5.16 Å². The van der Waals surface area contributed by atoms with Crippen molar-refractivity contribution in [2.75, 3.05) is 5.75 Å². The number of carbonyl (C=O) groups is 1. The van der Waals surface area contributed by atoms with Gasteiger partial charge < -0.3 is 5.32 Å². The Labute approximate surface area is 170 Å². The predicted octanol–water partition coefficient (Wildman–Crippen LogP) is 4.42. The fraction of sp³-hybridized carbons (Fsp3) is 0.316. The van der Waals surface area contributed by atoms with Gasteiger partial charge in [0.25, 0.3) is 5.56 Å². The molecular weight excluding hydrogens is 402 g/mol. The molecule has 0 bridgehead atoms. The van der Waals surface area contributed by atoms with E-state index in [9.17, 15) is 9.59 Å². The minimum absolute atomic E-state index is 0.0761. The molecule has 3 rings (SSSR count). The third kappa shape index (κ3) is 4.36. The van der Waals surface area contributed by atoms with E-state index in [1.807, 2.05) is 38.3 Å². The molecule has 0 unspecified atom stereocenters. The second-order valence-electron chi connectivity index (χ2n) is 6.27. The molecule has 5 nitrogen and oxygen atoms in total. The van der Waals surface area contributed by atoms with Crippen LogP contribution in [0, 0.1) is 6.92 Å². The first-order valence-electron chi connectivity index (χ1n) is 8.59. The van der Waals surface area contributed by atoms with Gasteiger partial charge in [-0.1, -0.05) is 30.3 Å². The summed E-state index contributed by atoms with van der Waals surface area (Å²) < 4.78 is 2.15. The summed E-state index contributed by atoms with van der Waals surface area (Å²) in [5.41, 5.74) is 2.07. The first kappa shape index (κ1) is 19.9. The summed E-state index contributed by atoms with van der Waals surface area (Å²) in [5, 5.41) is 5.91. The molecule has 0 saturated heterocycles. The van der Waals surface area contributed by atoms with Crippen LogP contribution in [0.3, 0.4) is 0 Å². The standard InChI is InChI=1S/C19H20ClN3O2S2/c1-4-12(3)21-16(24)10-27-19-22-15-7-8-26-17(15)18(25)23(19)13-5-6-14(20)11(2)9-13/h5-9,12H,4,10H2,1-3H3,(H,21,24)/t12-/m0/s1. The number of rotatable bonds is 6. The Bertz CT molecular complexity index is 1050. The molecule has 1 aromatic carbocycles. The molecule has 1 atom stereocenters. The number of halogens is 1. The summed E-state index contributed by atoms with van der Waals surface area (Å²) in [6.45, 7) is 5.87. The van der Waals surface area contributed by atoms with Gasteiger partial charge in [-0.25, -0.2) is 4.98 Å². The first-order chi connectivity index (χ1) is 12.9. The number of aromatic nitrogens is 2. The molecule has 142 valence electrons. The largest absolute Gasteiger partial charge is 0.353 e. The Hall–Kier alpha value is -1.83. The Kier molecular flexibility index (Phi) is 6.24. The summed E-state index contributed by atoms with van der Waals surface area (Å²) in [4.78, 5) is 29.8. The number of amides is 1. The summed E-state index contributed by atoms with van der Waals surface area (Å²) in [7, 11) is 0. The number of nitrogens with zero attached hydrogens (tertiary/aromatic N) is 2. The lowest BCUT2D eigenvalue weighted by Gasteiger charge is -2.14. The molecular formula is C19H20ClN3O2S2. The smallest absolute Gasteiger partial charge is 0.276 e. The van der Waals surface area contributed by atoms with Crippen LogP contribution in [0.15, 0.2) is 39.6 Å². The lowest BCUT2D eigenvalue weighted by Crippen LogP contribution is -2.33. The third-order valence-corrected chi connectivity index (χ3v) is 6.46. The normalized spacial score (nSPS) is 12.3. The average Bonchev–Trinajstić information content (AvgIpc) is 3.11. The number of hydrogen-bond donors (Lipinski definition) is 1. The molecule has 0 radical (unpaired) electrons. The van der Waals surface area contributed by atoms with Crippen LogP contribution in [0.4, 0.5) is 0 Å². The summed E-state index contributed by atoms with van der Waals surface area (Å²) in [6, 6.07) is 7.35. The maximum absolute atomic E-state index is 13.1. The van der Waals surface area contributed by atoms with Gasteiger partial charge in [-0.15, -0.1) is 11.3 Å². The van der Waals surface area contributed by atoms with Gasteiger partial charge in [0.1, 0.15) is 4.70 Å². The van der Waals surface area contributed by atoms with Crippen LogP contribution in [0.5, 0.6) is 0 Å². The topological polar surface area (TPSA) is 64.0 Å². The number of carbonyl (C=O) groups excluding carboxylic acids is 1.